The highest BCUT2D eigenvalue weighted by molar-refractivity contribution is 5.53. The number of benzene rings is 2. The molecule has 0 aliphatic carbocycles. The molecular formula is C16H17NO6. The number of nitro groups is 1. The van der Waals surface area contributed by atoms with Crippen LogP contribution in [-0.4, -0.2) is 21.3 Å². The second kappa shape index (κ2) is 9.04. The summed E-state index contributed by atoms with van der Waals surface area (Å²) >= 11 is 0. The summed E-state index contributed by atoms with van der Waals surface area (Å²) in [5.41, 5.74) is 1.80. The number of rotatable bonds is 5. The zero-order valence-corrected chi connectivity index (χ0v) is 12.5. The molecule has 7 nitrogen and oxygen atoms in total. The fraction of sp³-hybridized carbons (Fsp3) is 0.188. The molecule has 0 aliphatic heterocycles. The largest absolute Gasteiger partial charge is 0.503 e. The molecule has 23 heavy (non-hydrogen) atoms. The van der Waals surface area contributed by atoms with E-state index in [9.17, 15) is 10.1 Å². The Morgan fingerprint density at radius 2 is 1.74 bits per heavy atom. The minimum absolute atomic E-state index is 0.119. The first-order valence-corrected chi connectivity index (χ1v) is 6.80. The quantitative estimate of drug-likeness (QED) is 0.637. The lowest BCUT2D eigenvalue weighted by molar-refractivity contribution is -0.385. The molecule has 2 N–H and O–H groups in total. The maximum Gasteiger partial charge on any atom is 0.503 e. The van der Waals surface area contributed by atoms with E-state index in [-0.39, 0.29) is 10.6 Å². The Morgan fingerprint density at radius 1 is 1.13 bits per heavy atom. The average molecular weight is 319 g/mol. The SMILES string of the molecule is CCc1c(OCc2ccccc2)cccc1[N+](=O)[O-].O=C(O)O. The third-order valence-corrected chi connectivity index (χ3v) is 2.90. The number of hydrogen-bond acceptors (Lipinski definition) is 4. The summed E-state index contributed by atoms with van der Waals surface area (Å²) in [6.45, 7) is 2.30. The van der Waals surface area contributed by atoms with E-state index in [1.54, 1.807) is 12.1 Å². The van der Waals surface area contributed by atoms with Crippen LogP contribution in [0, 0.1) is 10.1 Å². The lowest BCUT2D eigenvalue weighted by Crippen LogP contribution is -2.01. The van der Waals surface area contributed by atoms with Gasteiger partial charge in [-0.05, 0) is 18.1 Å². The van der Waals surface area contributed by atoms with Crippen LogP contribution in [0.25, 0.3) is 0 Å². The molecule has 2 aromatic rings. The Balaban J connectivity index is 0.000000593. The van der Waals surface area contributed by atoms with Crippen molar-refractivity contribution in [3.63, 3.8) is 0 Å². The number of nitro benzene ring substituents is 1. The van der Waals surface area contributed by atoms with Crippen LogP contribution in [0.5, 0.6) is 5.75 Å². The Bertz CT molecular complexity index is 653. The molecule has 0 aromatic heterocycles. The van der Waals surface area contributed by atoms with Crippen LogP contribution >= 0.6 is 0 Å². The van der Waals surface area contributed by atoms with Crippen LogP contribution in [0.15, 0.2) is 48.5 Å². The average Bonchev–Trinajstić information content (AvgIpc) is 2.52. The topological polar surface area (TPSA) is 110 Å². The summed E-state index contributed by atoms with van der Waals surface area (Å²) in [6, 6.07) is 14.7. The van der Waals surface area contributed by atoms with Gasteiger partial charge in [0.05, 0.1) is 10.5 Å². The van der Waals surface area contributed by atoms with Crippen molar-refractivity contribution in [2.45, 2.75) is 20.0 Å². The normalized spacial score (nSPS) is 9.43. The molecule has 0 radical (unpaired) electrons. The fourth-order valence-electron chi connectivity index (χ4n) is 1.95. The first-order chi connectivity index (χ1) is 11.0. The van der Waals surface area contributed by atoms with Gasteiger partial charge in [0.25, 0.3) is 5.69 Å². The number of nitrogens with zero attached hydrogens (tertiary/aromatic N) is 1. The zero-order valence-electron chi connectivity index (χ0n) is 12.5. The molecule has 2 rings (SSSR count). The van der Waals surface area contributed by atoms with E-state index in [1.165, 1.54) is 6.07 Å². The minimum Gasteiger partial charge on any atom is -0.488 e. The molecule has 122 valence electrons. The second-order valence-corrected chi connectivity index (χ2v) is 4.42. The van der Waals surface area contributed by atoms with E-state index >= 15 is 0 Å². The van der Waals surface area contributed by atoms with E-state index in [2.05, 4.69) is 0 Å². The Labute approximate surface area is 132 Å². The highest BCUT2D eigenvalue weighted by Gasteiger charge is 2.16. The highest BCUT2D eigenvalue weighted by atomic mass is 16.6. The summed E-state index contributed by atoms with van der Waals surface area (Å²) in [6.07, 6.45) is -1.26. The summed E-state index contributed by atoms with van der Waals surface area (Å²) in [4.78, 5) is 19.1. The van der Waals surface area contributed by atoms with Gasteiger partial charge in [-0.15, -0.1) is 0 Å². The fourth-order valence-corrected chi connectivity index (χ4v) is 1.95. The molecule has 0 fully saturated rings. The molecule has 0 bridgehead atoms. The number of ether oxygens (including phenoxy) is 1. The van der Waals surface area contributed by atoms with Crippen LogP contribution in [0.3, 0.4) is 0 Å². The maximum atomic E-state index is 11.0. The Hall–Kier alpha value is -3.09. The molecule has 0 spiro atoms. The molecule has 2 aromatic carbocycles. The predicted molar refractivity (Wildman–Crippen MR) is 83.9 cm³/mol. The molecule has 0 saturated carbocycles. The summed E-state index contributed by atoms with van der Waals surface area (Å²) < 4.78 is 5.70. The van der Waals surface area contributed by atoms with Crippen molar-refractivity contribution in [1.82, 2.24) is 0 Å². The van der Waals surface area contributed by atoms with Gasteiger partial charge in [0, 0.05) is 6.07 Å². The Kier molecular flexibility index (Phi) is 7.06. The van der Waals surface area contributed by atoms with Crippen LogP contribution in [-0.2, 0) is 13.0 Å². The number of carboxylic acid groups (broad SMARTS) is 2. The standard InChI is InChI=1S/C15H15NO3.CH2O3/c1-2-13-14(16(17)18)9-6-10-15(13)19-11-12-7-4-3-5-8-12;2-1(3)4/h3-10H,2,11H2,1H3;(H2,2,3,4). The van der Waals surface area contributed by atoms with Gasteiger partial charge in [-0.2, -0.15) is 0 Å². The van der Waals surface area contributed by atoms with Gasteiger partial charge in [-0.25, -0.2) is 4.79 Å². The van der Waals surface area contributed by atoms with E-state index in [4.69, 9.17) is 19.7 Å². The van der Waals surface area contributed by atoms with Crippen molar-refractivity contribution in [1.29, 1.82) is 0 Å². The smallest absolute Gasteiger partial charge is 0.488 e. The second-order valence-electron chi connectivity index (χ2n) is 4.42. The molecule has 0 unspecified atom stereocenters. The van der Waals surface area contributed by atoms with Crippen molar-refractivity contribution >= 4 is 11.8 Å². The minimum atomic E-state index is -1.83. The van der Waals surface area contributed by atoms with Crippen molar-refractivity contribution in [3.05, 3.63) is 69.8 Å². The van der Waals surface area contributed by atoms with Gasteiger partial charge in [0.1, 0.15) is 12.4 Å². The van der Waals surface area contributed by atoms with Crippen LogP contribution in [0.2, 0.25) is 0 Å². The van der Waals surface area contributed by atoms with E-state index < -0.39 is 6.16 Å². The Morgan fingerprint density at radius 3 is 2.26 bits per heavy atom. The highest BCUT2D eigenvalue weighted by Crippen LogP contribution is 2.29. The monoisotopic (exact) mass is 319 g/mol. The van der Waals surface area contributed by atoms with Crippen LogP contribution in [0.1, 0.15) is 18.1 Å². The number of carbonyl (C=O) groups is 1. The molecule has 0 heterocycles. The molecule has 0 amide bonds. The van der Waals surface area contributed by atoms with Gasteiger partial charge >= 0.3 is 6.16 Å². The predicted octanol–water partition coefficient (Wildman–Crippen LogP) is 3.96. The lowest BCUT2D eigenvalue weighted by Gasteiger charge is -2.10. The molecule has 0 atom stereocenters. The lowest BCUT2D eigenvalue weighted by atomic mass is 10.1. The third-order valence-electron chi connectivity index (χ3n) is 2.90. The molecular weight excluding hydrogens is 302 g/mol. The van der Waals surface area contributed by atoms with Gasteiger partial charge in [0.2, 0.25) is 0 Å². The molecule has 0 saturated heterocycles. The van der Waals surface area contributed by atoms with Crippen LogP contribution in [0.4, 0.5) is 10.5 Å². The first-order valence-electron chi connectivity index (χ1n) is 6.80. The van der Waals surface area contributed by atoms with Crippen molar-refractivity contribution < 1.29 is 24.7 Å². The molecule has 0 aliphatic rings. The van der Waals surface area contributed by atoms with Gasteiger partial charge in [0.15, 0.2) is 0 Å². The van der Waals surface area contributed by atoms with Crippen molar-refractivity contribution in [3.8, 4) is 5.75 Å². The summed E-state index contributed by atoms with van der Waals surface area (Å²) in [5, 5.41) is 24.9. The third kappa shape index (κ3) is 6.04. The van der Waals surface area contributed by atoms with E-state index in [1.807, 2.05) is 37.3 Å². The summed E-state index contributed by atoms with van der Waals surface area (Å²) in [5.74, 6) is 0.584. The van der Waals surface area contributed by atoms with Crippen molar-refractivity contribution in [2.75, 3.05) is 0 Å². The van der Waals surface area contributed by atoms with Crippen LogP contribution < -0.4 is 4.74 Å². The molecule has 7 heteroatoms. The van der Waals surface area contributed by atoms with E-state index in [0.29, 0.717) is 24.3 Å². The van der Waals surface area contributed by atoms with Crippen molar-refractivity contribution in [2.24, 2.45) is 0 Å². The van der Waals surface area contributed by atoms with Gasteiger partial charge < -0.3 is 14.9 Å². The van der Waals surface area contributed by atoms with E-state index in [0.717, 1.165) is 5.56 Å². The zero-order chi connectivity index (χ0) is 17.2. The summed E-state index contributed by atoms with van der Waals surface area (Å²) in [7, 11) is 0. The maximum absolute atomic E-state index is 11.0. The van der Waals surface area contributed by atoms with Gasteiger partial charge in [-0.1, -0.05) is 43.3 Å². The first kappa shape index (κ1) is 18.0. The van der Waals surface area contributed by atoms with Gasteiger partial charge in [-0.3, -0.25) is 10.1 Å². The number of hydrogen-bond donors (Lipinski definition) is 2.